The minimum Gasteiger partial charge on any atom is -0.335 e. The Morgan fingerprint density at radius 2 is 2.45 bits per heavy atom. The van der Waals surface area contributed by atoms with E-state index in [1.165, 1.54) is 5.70 Å². The zero-order chi connectivity index (χ0) is 8.27. The fourth-order valence-corrected chi connectivity index (χ4v) is 1.21. The summed E-state index contributed by atoms with van der Waals surface area (Å²) >= 11 is 0. The maximum atomic E-state index is 4.13. The highest BCUT2D eigenvalue weighted by atomic mass is 15.2. The maximum Gasteiger partial charge on any atom is 0.0893 e. The Balaban J connectivity index is 2.35. The van der Waals surface area contributed by atoms with E-state index in [1.54, 1.807) is 0 Å². The van der Waals surface area contributed by atoms with Gasteiger partial charge in [-0.15, -0.1) is 0 Å². The lowest BCUT2D eigenvalue weighted by atomic mass is 10.1. The number of hydrogen-bond donors (Lipinski definition) is 0. The Bertz CT molecular complexity index is 170. The Kier molecular flexibility index (Phi) is 2.69. The first kappa shape index (κ1) is 8.31. The van der Waals surface area contributed by atoms with Gasteiger partial charge in [0.05, 0.1) is 12.9 Å². The summed E-state index contributed by atoms with van der Waals surface area (Å²) in [5.41, 5.74) is 1.20. The van der Waals surface area contributed by atoms with E-state index < -0.39 is 0 Å². The standard InChI is InChI=1S/C9H16N2/c1-8(2)6-9(3)11-5-4-10-7-11/h7-8H,3-6H2,1-2H3. The third kappa shape index (κ3) is 2.37. The Morgan fingerprint density at radius 1 is 1.73 bits per heavy atom. The van der Waals surface area contributed by atoms with E-state index in [0.717, 1.165) is 19.5 Å². The molecule has 0 radical (unpaired) electrons. The molecule has 0 aliphatic carbocycles. The van der Waals surface area contributed by atoms with Crippen LogP contribution in [0.4, 0.5) is 0 Å². The largest absolute Gasteiger partial charge is 0.335 e. The number of hydrogen-bond acceptors (Lipinski definition) is 2. The highest BCUT2D eigenvalue weighted by molar-refractivity contribution is 5.59. The molecule has 1 aliphatic rings. The van der Waals surface area contributed by atoms with Crippen molar-refractivity contribution in [1.82, 2.24) is 4.90 Å². The van der Waals surface area contributed by atoms with Crippen LogP contribution in [0, 0.1) is 5.92 Å². The van der Waals surface area contributed by atoms with Crippen LogP contribution in [-0.2, 0) is 0 Å². The molecule has 0 aromatic rings. The van der Waals surface area contributed by atoms with Gasteiger partial charge in [0, 0.05) is 12.2 Å². The maximum absolute atomic E-state index is 4.13. The zero-order valence-corrected chi connectivity index (χ0v) is 7.38. The molecule has 0 amide bonds. The summed E-state index contributed by atoms with van der Waals surface area (Å²) in [6, 6.07) is 0. The van der Waals surface area contributed by atoms with E-state index >= 15 is 0 Å². The molecule has 0 atom stereocenters. The van der Waals surface area contributed by atoms with Gasteiger partial charge in [-0.25, -0.2) is 0 Å². The average molecular weight is 152 g/mol. The highest BCUT2D eigenvalue weighted by Crippen LogP contribution is 2.13. The van der Waals surface area contributed by atoms with Gasteiger partial charge in [-0.2, -0.15) is 0 Å². The Labute approximate surface area is 68.6 Å². The van der Waals surface area contributed by atoms with Crippen molar-refractivity contribution >= 4 is 6.34 Å². The predicted molar refractivity (Wildman–Crippen MR) is 48.7 cm³/mol. The molecule has 0 unspecified atom stereocenters. The fourth-order valence-electron chi connectivity index (χ4n) is 1.21. The van der Waals surface area contributed by atoms with Crippen molar-refractivity contribution in [1.29, 1.82) is 0 Å². The highest BCUT2D eigenvalue weighted by Gasteiger charge is 2.09. The quantitative estimate of drug-likeness (QED) is 0.603. The number of rotatable bonds is 3. The molecule has 0 saturated carbocycles. The van der Waals surface area contributed by atoms with Gasteiger partial charge in [0.2, 0.25) is 0 Å². The van der Waals surface area contributed by atoms with Gasteiger partial charge >= 0.3 is 0 Å². The van der Waals surface area contributed by atoms with Crippen molar-refractivity contribution < 1.29 is 0 Å². The lowest BCUT2D eigenvalue weighted by molar-refractivity contribution is 0.499. The summed E-state index contributed by atoms with van der Waals surface area (Å²) in [6.45, 7) is 10.4. The lowest BCUT2D eigenvalue weighted by Crippen LogP contribution is -2.19. The average Bonchev–Trinajstić information content (AvgIpc) is 2.35. The predicted octanol–water partition coefficient (Wildman–Crippen LogP) is 1.89. The summed E-state index contributed by atoms with van der Waals surface area (Å²) in [7, 11) is 0. The van der Waals surface area contributed by atoms with Crippen LogP contribution in [0.5, 0.6) is 0 Å². The van der Waals surface area contributed by atoms with Crippen molar-refractivity contribution in [2.75, 3.05) is 13.1 Å². The SMILES string of the molecule is C=C(CC(C)C)N1C=NCC1. The van der Waals surface area contributed by atoms with E-state index in [4.69, 9.17) is 0 Å². The van der Waals surface area contributed by atoms with Crippen LogP contribution in [0.3, 0.4) is 0 Å². The topological polar surface area (TPSA) is 15.6 Å². The van der Waals surface area contributed by atoms with Crippen molar-refractivity contribution in [2.45, 2.75) is 20.3 Å². The first-order valence-electron chi connectivity index (χ1n) is 4.14. The first-order chi connectivity index (χ1) is 5.20. The summed E-state index contributed by atoms with van der Waals surface area (Å²) in [5.74, 6) is 0.691. The molecule has 1 rings (SSSR count). The van der Waals surface area contributed by atoms with Crippen molar-refractivity contribution in [3.8, 4) is 0 Å². The molecule has 0 aromatic carbocycles. The third-order valence-corrected chi connectivity index (χ3v) is 1.74. The van der Waals surface area contributed by atoms with Crippen LogP contribution >= 0.6 is 0 Å². The van der Waals surface area contributed by atoms with Crippen LogP contribution in [0.15, 0.2) is 17.3 Å². The molecular formula is C9H16N2. The number of nitrogens with zero attached hydrogens (tertiary/aromatic N) is 2. The molecule has 1 aliphatic heterocycles. The van der Waals surface area contributed by atoms with Gasteiger partial charge < -0.3 is 4.90 Å². The molecule has 0 aromatic heterocycles. The van der Waals surface area contributed by atoms with Crippen LogP contribution in [0.2, 0.25) is 0 Å². The van der Waals surface area contributed by atoms with Gasteiger partial charge in [-0.05, 0) is 12.3 Å². The van der Waals surface area contributed by atoms with E-state index in [-0.39, 0.29) is 0 Å². The minimum atomic E-state index is 0.691. The molecule has 0 bridgehead atoms. The van der Waals surface area contributed by atoms with Crippen LogP contribution in [0.1, 0.15) is 20.3 Å². The molecule has 11 heavy (non-hydrogen) atoms. The van der Waals surface area contributed by atoms with Crippen molar-refractivity contribution in [2.24, 2.45) is 10.9 Å². The molecule has 1 heterocycles. The normalized spacial score (nSPS) is 16.5. The summed E-state index contributed by atoms with van der Waals surface area (Å²) < 4.78 is 0. The monoisotopic (exact) mass is 152 g/mol. The molecule has 0 N–H and O–H groups in total. The lowest BCUT2D eigenvalue weighted by Gasteiger charge is -2.18. The Hall–Kier alpha value is -0.790. The second-order valence-corrected chi connectivity index (χ2v) is 3.38. The number of aliphatic imine (C=N–C) groups is 1. The van der Waals surface area contributed by atoms with Gasteiger partial charge in [-0.1, -0.05) is 20.4 Å². The number of allylic oxidation sites excluding steroid dienone is 1. The van der Waals surface area contributed by atoms with Gasteiger partial charge in [0.1, 0.15) is 0 Å². The van der Waals surface area contributed by atoms with E-state index in [1.807, 2.05) is 6.34 Å². The summed E-state index contributed by atoms with van der Waals surface area (Å²) in [4.78, 5) is 6.27. The second kappa shape index (κ2) is 3.56. The summed E-state index contributed by atoms with van der Waals surface area (Å²) in [6.07, 6.45) is 2.97. The van der Waals surface area contributed by atoms with Crippen molar-refractivity contribution in [3.63, 3.8) is 0 Å². The molecule has 0 saturated heterocycles. The third-order valence-electron chi connectivity index (χ3n) is 1.74. The van der Waals surface area contributed by atoms with E-state index in [0.29, 0.717) is 5.92 Å². The molecule has 0 spiro atoms. The molecule has 2 nitrogen and oxygen atoms in total. The fraction of sp³-hybridized carbons (Fsp3) is 0.667. The minimum absolute atomic E-state index is 0.691. The van der Waals surface area contributed by atoms with E-state index in [2.05, 4.69) is 30.3 Å². The van der Waals surface area contributed by atoms with Gasteiger partial charge in [0.15, 0.2) is 0 Å². The zero-order valence-electron chi connectivity index (χ0n) is 7.38. The van der Waals surface area contributed by atoms with Crippen LogP contribution < -0.4 is 0 Å². The van der Waals surface area contributed by atoms with Crippen molar-refractivity contribution in [3.05, 3.63) is 12.3 Å². The van der Waals surface area contributed by atoms with Crippen LogP contribution in [-0.4, -0.2) is 24.3 Å². The summed E-state index contributed by atoms with van der Waals surface area (Å²) in [5, 5.41) is 0. The molecular weight excluding hydrogens is 136 g/mol. The molecule has 0 fully saturated rings. The van der Waals surface area contributed by atoms with E-state index in [9.17, 15) is 0 Å². The van der Waals surface area contributed by atoms with Crippen LogP contribution in [0.25, 0.3) is 0 Å². The first-order valence-corrected chi connectivity index (χ1v) is 4.14. The van der Waals surface area contributed by atoms with Gasteiger partial charge in [-0.3, -0.25) is 4.99 Å². The second-order valence-electron chi connectivity index (χ2n) is 3.38. The molecule has 62 valence electrons. The Morgan fingerprint density at radius 3 is 2.91 bits per heavy atom. The van der Waals surface area contributed by atoms with Gasteiger partial charge in [0.25, 0.3) is 0 Å². The smallest absolute Gasteiger partial charge is 0.0893 e. The molecule has 2 heteroatoms.